The number of hydrogen-bond acceptors (Lipinski definition) is 1. The van der Waals surface area contributed by atoms with Crippen molar-refractivity contribution in [3.63, 3.8) is 0 Å². The molecule has 0 atom stereocenters. The molecule has 14 heavy (non-hydrogen) atoms. The second-order valence-corrected chi connectivity index (χ2v) is 2.43. The summed E-state index contributed by atoms with van der Waals surface area (Å²) in [6.45, 7) is 9.73. The zero-order valence-corrected chi connectivity index (χ0v) is 7.67. The Labute approximate surface area is 81.5 Å². The van der Waals surface area contributed by atoms with E-state index in [4.69, 9.17) is 0 Å². The minimum Gasteiger partial charge on any atom is -0.312 e. The van der Waals surface area contributed by atoms with E-state index in [2.05, 4.69) is 19.7 Å². The maximum atomic E-state index is 12.7. The maximum Gasteiger partial charge on any atom is 0.214 e. The molecule has 0 aromatic heterocycles. The summed E-state index contributed by atoms with van der Waals surface area (Å²) in [6.07, 6.45) is 2.69. The lowest BCUT2D eigenvalue weighted by atomic mass is 10.3. The molecular formula is C10H11F2NO. The normalized spacial score (nSPS) is 10.6. The molecule has 0 bridgehead atoms. The van der Waals surface area contributed by atoms with Crippen LogP contribution in [0.2, 0.25) is 0 Å². The number of allylic oxidation sites excluding steroid dienone is 3. The molecule has 4 heteroatoms. The van der Waals surface area contributed by atoms with E-state index in [9.17, 15) is 13.6 Å². The SMILES string of the molecule is C=CCN(C=O)C(=C)/C=C(/F)C(=C)F. The van der Waals surface area contributed by atoms with Crippen LogP contribution in [0.4, 0.5) is 8.78 Å². The summed E-state index contributed by atoms with van der Waals surface area (Å²) in [5.74, 6) is -2.35. The van der Waals surface area contributed by atoms with Crippen LogP contribution in [0.1, 0.15) is 0 Å². The standard InChI is InChI=1S/C10H11F2NO/c1-4-5-13(7-14)8(2)6-10(12)9(3)11/h4,6-7H,1-3,5H2/b10-6+. The Kier molecular flexibility index (Phi) is 5.14. The smallest absolute Gasteiger partial charge is 0.214 e. The Morgan fingerprint density at radius 2 is 1.93 bits per heavy atom. The van der Waals surface area contributed by atoms with Crippen LogP contribution in [0, 0.1) is 0 Å². The molecule has 2 nitrogen and oxygen atoms in total. The highest BCUT2D eigenvalue weighted by Gasteiger charge is 2.05. The van der Waals surface area contributed by atoms with Crippen molar-refractivity contribution in [3.05, 3.63) is 49.2 Å². The van der Waals surface area contributed by atoms with Crippen LogP contribution in [0.25, 0.3) is 0 Å². The minimum absolute atomic E-state index is 0.0381. The Bertz CT molecular complexity index is 294. The quantitative estimate of drug-likeness (QED) is 0.365. The van der Waals surface area contributed by atoms with Gasteiger partial charge in [0.2, 0.25) is 6.41 Å². The first-order chi connectivity index (χ1) is 6.52. The molecule has 0 saturated carbocycles. The van der Waals surface area contributed by atoms with Crippen LogP contribution in [0.3, 0.4) is 0 Å². The van der Waals surface area contributed by atoms with Crippen molar-refractivity contribution in [2.45, 2.75) is 0 Å². The second-order valence-electron chi connectivity index (χ2n) is 2.43. The molecule has 0 unspecified atom stereocenters. The first kappa shape index (κ1) is 12.3. The van der Waals surface area contributed by atoms with Crippen LogP contribution in [0.15, 0.2) is 49.2 Å². The summed E-state index contributed by atoms with van der Waals surface area (Å²) in [7, 11) is 0. The van der Waals surface area contributed by atoms with Crippen molar-refractivity contribution in [2.75, 3.05) is 6.54 Å². The molecule has 0 saturated heterocycles. The average Bonchev–Trinajstić information content (AvgIpc) is 2.13. The van der Waals surface area contributed by atoms with Gasteiger partial charge in [-0.25, -0.2) is 8.78 Å². The summed E-state index contributed by atoms with van der Waals surface area (Å²) in [6, 6.07) is 0. The lowest BCUT2D eigenvalue weighted by molar-refractivity contribution is -0.115. The third kappa shape index (κ3) is 3.80. The monoisotopic (exact) mass is 199 g/mol. The molecule has 0 aliphatic heterocycles. The molecule has 0 aromatic rings. The lowest BCUT2D eigenvalue weighted by Gasteiger charge is -2.14. The molecule has 0 aliphatic carbocycles. The van der Waals surface area contributed by atoms with Crippen LogP contribution in [-0.2, 0) is 4.79 Å². The highest BCUT2D eigenvalue weighted by atomic mass is 19.2. The van der Waals surface area contributed by atoms with Gasteiger partial charge in [-0.2, -0.15) is 0 Å². The van der Waals surface area contributed by atoms with E-state index in [1.54, 1.807) is 0 Å². The number of halogens is 2. The van der Waals surface area contributed by atoms with E-state index in [1.165, 1.54) is 6.08 Å². The molecule has 0 N–H and O–H groups in total. The van der Waals surface area contributed by atoms with E-state index in [1.807, 2.05) is 0 Å². The van der Waals surface area contributed by atoms with Crippen molar-refractivity contribution in [3.8, 4) is 0 Å². The van der Waals surface area contributed by atoms with Crippen LogP contribution in [0.5, 0.6) is 0 Å². The molecule has 0 radical (unpaired) electrons. The molecule has 0 aliphatic rings. The van der Waals surface area contributed by atoms with Crippen molar-refractivity contribution in [1.82, 2.24) is 4.90 Å². The molecule has 76 valence electrons. The fraction of sp³-hybridized carbons (Fsp3) is 0.100. The highest BCUT2D eigenvalue weighted by Crippen LogP contribution is 2.14. The Hall–Kier alpha value is -1.71. The predicted molar refractivity (Wildman–Crippen MR) is 51.5 cm³/mol. The fourth-order valence-corrected chi connectivity index (χ4v) is 0.675. The number of nitrogens with zero attached hydrogens (tertiary/aromatic N) is 1. The summed E-state index contributed by atoms with van der Waals surface area (Å²) < 4.78 is 24.9. The zero-order valence-electron chi connectivity index (χ0n) is 7.67. The molecule has 0 spiro atoms. The van der Waals surface area contributed by atoms with Crippen LogP contribution >= 0.6 is 0 Å². The molecule has 0 aromatic carbocycles. The summed E-state index contributed by atoms with van der Waals surface area (Å²) in [5, 5.41) is 0. The van der Waals surface area contributed by atoms with Gasteiger partial charge >= 0.3 is 0 Å². The summed E-state index contributed by atoms with van der Waals surface area (Å²) >= 11 is 0. The first-order valence-corrected chi connectivity index (χ1v) is 3.76. The minimum atomic E-state index is -1.20. The van der Waals surface area contributed by atoms with E-state index in [0.29, 0.717) is 6.41 Å². The van der Waals surface area contributed by atoms with E-state index < -0.39 is 11.7 Å². The Morgan fingerprint density at radius 1 is 1.36 bits per heavy atom. The number of hydrogen-bond donors (Lipinski definition) is 0. The summed E-state index contributed by atoms with van der Waals surface area (Å²) in [4.78, 5) is 11.5. The van der Waals surface area contributed by atoms with Gasteiger partial charge in [0.1, 0.15) is 0 Å². The van der Waals surface area contributed by atoms with Gasteiger partial charge in [0.05, 0.1) is 0 Å². The van der Waals surface area contributed by atoms with Gasteiger partial charge in [0.15, 0.2) is 11.7 Å². The zero-order chi connectivity index (χ0) is 11.1. The van der Waals surface area contributed by atoms with Crippen molar-refractivity contribution in [2.24, 2.45) is 0 Å². The van der Waals surface area contributed by atoms with E-state index in [0.717, 1.165) is 11.0 Å². The fourth-order valence-electron chi connectivity index (χ4n) is 0.675. The Balaban J connectivity index is 4.59. The van der Waals surface area contributed by atoms with Gasteiger partial charge < -0.3 is 4.90 Å². The highest BCUT2D eigenvalue weighted by molar-refractivity contribution is 5.53. The van der Waals surface area contributed by atoms with Crippen molar-refractivity contribution >= 4 is 6.41 Å². The third-order valence-electron chi connectivity index (χ3n) is 1.37. The number of rotatable bonds is 6. The Morgan fingerprint density at radius 3 is 2.29 bits per heavy atom. The van der Waals surface area contributed by atoms with Gasteiger partial charge in [-0.3, -0.25) is 4.79 Å². The van der Waals surface area contributed by atoms with Crippen molar-refractivity contribution in [1.29, 1.82) is 0 Å². The lowest BCUT2D eigenvalue weighted by Crippen LogP contribution is -2.19. The van der Waals surface area contributed by atoms with Gasteiger partial charge in [-0.15, -0.1) is 6.58 Å². The number of carbonyl (C=O) groups is 1. The maximum absolute atomic E-state index is 12.7. The van der Waals surface area contributed by atoms with Gasteiger partial charge in [-0.1, -0.05) is 19.2 Å². The van der Waals surface area contributed by atoms with Crippen LogP contribution < -0.4 is 0 Å². The van der Waals surface area contributed by atoms with Gasteiger partial charge in [-0.05, 0) is 0 Å². The van der Waals surface area contributed by atoms with E-state index >= 15 is 0 Å². The largest absolute Gasteiger partial charge is 0.312 e. The molecule has 0 heterocycles. The van der Waals surface area contributed by atoms with E-state index in [-0.39, 0.29) is 12.2 Å². The van der Waals surface area contributed by atoms with Gasteiger partial charge in [0.25, 0.3) is 0 Å². The number of carbonyl (C=O) groups excluding carboxylic acids is 1. The second kappa shape index (κ2) is 5.85. The first-order valence-electron chi connectivity index (χ1n) is 3.76. The number of amides is 1. The third-order valence-corrected chi connectivity index (χ3v) is 1.37. The average molecular weight is 199 g/mol. The van der Waals surface area contributed by atoms with Gasteiger partial charge in [0, 0.05) is 18.3 Å². The molecular weight excluding hydrogens is 188 g/mol. The van der Waals surface area contributed by atoms with Crippen molar-refractivity contribution < 1.29 is 13.6 Å². The molecule has 0 rings (SSSR count). The predicted octanol–water partition coefficient (Wildman–Crippen LogP) is 2.48. The topological polar surface area (TPSA) is 20.3 Å². The summed E-state index contributed by atoms with van der Waals surface area (Å²) in [5.41, 5.74) is 0.0381. The molecule has 1 amide bonds. The molecule has 0 fully saturated rings. The van der Waals surface area contributed by atoms with Crippen LogP contribution in [-0.4, -0.2) is 17.9 Å².